The molecule has 0 bridgehead atoms. The SMILES string of the molecule is CC(C)Sc1ccccc1NS(=O)(=O)c1ccc(Cl)c(C(F)(F)F)c1. The Morgan fingerprint density at radius 2 is 1.76 bits per heavy atom. The fraction of sp³-hybridized carbons (Fsp3) is 0.250. The molecule has 0 radical (unpaired) electrons. The van der Waals surface area contributed by atoms with Crippen LogP contribution in [-0.4, -0.2) is 13.7 Å². The van der Waals surface area contributed by atoms with Gasteiger partial charge in [-0.1, -0.05) is 37.6 Å². The van der Waals surface area contributed by atoms with Crippen LogP contribution >= 0.6 is 23.4 Å². The molecule has 1 N–H and O–H groups in total. The number of nitrogens with one attached hydrogen (secondary N) is 1. The predicted molar refractivity (Wildman–Crippen MR) is 94.7 cm³/mol. The smallest absolute Gasteiger partial charge is 0.278 e. The third-order valence-electron chi connectivity index (χ3n) is 3.05. The number of halogens is 4. The quantitative estimate of drug-likeness (QED) is 0.648. The van der Waals surface area contributed by atoms with Gasteiger partial charge in [0.05, 0.1) is 21.2 Å². The van der Waals surface area contributed by atoms with Gasteiger partial charge >= 0.3 is 6.18 Å². The Morgan fingerprint density at radius 1 is 1.12 bits per heavy atom. The summed E-state index contributed by atoms with van der Waals surface area (Å²) in [5, 5.41) is -0.347. The van der Waals surface area contributed by atoms with Crippen LogP contribution in [-0.2, 0) is 16.2 Å². The fourth-order valence-corrected chi connectivity index (χ4v) is 4.31. The Balaban J connectivity index is 2.41. The Labute approximate surface area is 153 Å². The lowest BCUT2D eigenvalue weighted by atomic mass is 10.2. The summed E-state index contributed by atoms with van der Waals surface area (Å²) in [6.45, 7) is 3.90. The lowest BCUT2D eigenvalue weighted by Gasteiger charge is -2.15. The minimum atomic E-state index is -4.74. The zero-order chi connectivity index (χ0) is 18.8. The first-order valence-corrected chi connectivity index (χ1v) is 9.90. The molecule has 136 valence electrons. The van der Waals surface area contributed by atoms with E-state index in [0.29, 0.717) is 16.6 Å². The molecule has 25 heavy (non-hydrogen) atoms. The van der Waals surface area contributed by atoms with Crippen LogP contribution in [0.1, 0.15) is 19.4 Å². The summed E-state index contributed by atoms with van der Waals surface area (Å²) in [7, 11) is -4.19. The molecule has 0 saturated carbocycles. The van der Waals surface area contributed by atoms with E-state index < -0.39 is 31.7 Å². The summed E-state index contributed by atoms with van der Waals surface area (Å²) in [5.41, 5.74) is -0.883. The summed E-state index contributed by atoms with van der Waals surface area (Å²) >= 11 is 6.98. The molecule has 0 aliphatic carbocycles. The summed E-state index contributed by atoms with van der Waals surface area (Å²) in [4.78, 5) is 0.180. The largest absolute Gasteiger partial charge is 0.417 e. The minimum absolute atomic E-state index is 0.206. The predicted octanol–water partition coefficient (Wildman–Crippen LogP) is 5.66. The molecule has 0 fully saturated rings. The van der Waals surface area contributed by atoms with Crippen molar-refractivity contribution in [3.63, 3.8) is 0 Å². The van der Waals surface area contributed by atoms with E-state index in [1.807, 2.05) is 13.8 Å². The van der Waals surface area contributed by atoms with Gasteiger partial charge in [0.1, 0.15) is 0 Å². The van der Waals surface area contributed by atoms with Gasteiger partial charge in [0.2, 0.25) is 0 Å². The fourth-order valence-electron chi connectivity index (χ4n) is 2.00. The van der Waals surface area contributed by atoms with Crippen LogP contribution in [0, 0.1) is 0 Å². The molecule has 2 aromatic rings. The van der Waals surface area contributed by atoms with Crippen molar-refractivity contribution >= 4 is 39.1 Å². The highest BCUT2D eigenvalue weighted by atomic mass is 35.5. The van der Waals surface area contributed by atoms with Gasteiger partial charge in [-0.2, -0.15) is 13.2 Å². The summed E-state index contributed by atoms with van der Waals surface area (Å²) in [5.74, 6) is 0. The van der Waals surface area contributed by atoms with E-state index in [0.717, 1.165) is 12.1 Å². The van der Waals surface area contributed by atoms with Gasteiger partial charge in [-0.15, -0.1) is 11.8 Å². The monoisotopic (exact) mass is 409 g/mol. The second-order valence-corrected chi connectivity index (χ2v) is 9.12. The molecule has 2 rings (SSSR count). The highest BCUT2D eigenvalue weighted by molar-refractivity contribution is 8.00. The molecule has 2 aromatic carbocycles. The number of alkyl halides is 3. The van der Waals surface area contributed by atoms with Gasteiger partial charge in [0.25, 0.3) is 10.0 Å². The maximum atomic E-state index is 12.9. The van der Waals surface area contributed by atoms with E-state index in [2.05, 4.69) is 4.72 Å². The van der Waals surface area contributed by atoms with Gasteiger partial charge in [-0.3, -0.25) is 4.72 Å². The number of benzene rings is 2. The molecular weight excluding hydrogens is 395 g/mol. The van der Waals surface area contributed by atoms with E-state index in [9.17, 15) is 21.6 Å². The maximum absolute atomic E-state index is 12.9. The molecule has 0 unspecified atom stereocenters. The Kier molecular flexibility index (Phi) is 5.96. The number of hydrogen-bond acceptors (Lipinski definition) is 3. The van der Waals surface area contributed by atoms with Crippen LogP contribution < -0.4 is 4.72 Å². The number of rotatable bonds is 5. The molecule has 9 heteroatoms. The highest BCUT2D eigenvalue weighted by Crippen LogP contribution is 2.37. The van der Waals surface area contributed by atoms with E-state index in [4.69, 9.17) is 11.6 Å². The van der Waals surface area contributed by atoms with Crippen molar-refractivity contribution in [1.82, 2.24) is 0 Å². The first-order chi connectivity index (χ1) is 11.5. The van der Waals surface area contributed by atoms with Crippen LogP contribution in [0.5, 0.6) is 0 Å². The van der Waals surface area contributed by atoms with Crippen molar-refractivity contribution in [3.8, 4) is 0 Å². The zero-order valence-electron chi connectivity index (χ0n) is 13.3. The van der Waals surface area contributed by atoms with Crippen molar-refractivity contribution in [2.24, 2.45) is 0 Å². The standard InChI is InChI=1S/C16H15ClF3NO2S2/c1-10(2)24-15-6-4-3-5-14(15)21-25(22,23)11-7-8-13(17)12(9-11)16(18,19)20/h3-10,21H,1-2H3. The van der Waals surface area contributed by atoms with Gasteiger partial charge < -0.3 is 0 Å². The van der Waals surface area contributed by atoms with Crippen molar-refractivity contribution < 1.29 is 21.6 Å². The van der Waals surface area contributed by atoms with E-state index in [-0.39, 0.29) is 5.25 Å². The van der Waals surface area contributed by atoms with Gasteiger partial charge in [0.15, 0.2) is 0 Å². The molecule has 3 nitrogen and oxygen atoms in total. The molecule has 0 amide bonds. The average molecular weight is 410 g/mol. The van der Waals surface area contributed by atoms with Gasteiger partial charge in [0, 0.05) is 10.1 Å². The Hall–Kier alpha value is -1.38. The Bertz CT molecular complexity index is 868. The first-order valence-electron chi connectivity index (χ1n) is 7.16. The zero-order valence-corrected chi connectivity index (χ0v) is 15.7. The van der Waals surface area contributed by atoms with E-state index >= 15 is 0 Å². The molecule has 0 heterocycles. The summed E-state index contributed by atoms with van der Waals surface area (Å²) < 4.78 is 66.2. The van der Waals surface area contributed by atoms with Crippen molar-refractivity contribution in [1.29, 1.82) is 0 Å². The van der Waals surface area contributed by atoms with E-state index in [1.165, 1.54) is 11.8 Å². The molecule has 0 spiro atoms. The van der Waals surface area contributed by atoms with Crippen molar-refractivity contribution in [2.45, 2.75) is 35.1 Å². The molecule has 0 atom stereocenters. The number of hydrogen-bond donors (Lipinski definition) is 1. The average Bonchev–Trinajstić information content (AvgIpc) is 2.47. The lowest BCUT2D eigenvalue weighted by molar-refractivity contribution is -0.137. The van der Waals surface area contributed by atoms with Crippen molar-refractivity contribution in [3.05, 3.63) is 53.1 Å². The van der Waals surface area contributed by atoms with Gasteiger partial charge in [-0.05, 0) is 30.3 Å². The molecular formula is C16H15ClF3NO2S2. The minimum Gasteiger partial charge on any atom is -0.278 e. The second kappa shape index (κ2) is 7.47. The van der Waals surface area contributed by atoms with E-state index in [1.54, 1.807) is 24.3 Å². The lowest BCUT2D eigenvalue weighted by Crippen LogP contribution is -2.15. The third-order valence-corrected chi connectivity index (χ3v) is 5.82. The van der Waals surface area contributed by atoms with Crippen LogP contribution in [0.3, 0.4) is 0 Å². The summed E-state index contributed by atoms with van der Waals surface area (Å²) in [6, 6.07) is 9.20. The first kappa shape index (κ1) is 19.9. The topological polar surface area (TPSA) is 46.2 Å². The molecule has 0 aromatic heterocycles. The number of para-hydroxylation sites is 1. The summed E-state index contributed by atoms with van der Waals surface area (Å²) in [6.07, 6.45) is -4.74. The van der Waals surface area contributed by atoms with Crippen molar-refractivity contribution in [2.75, 3.05) is 4.72 Å². The number of thioether (sulfide) groups is 1. The van der Waals surface area contributed by atoms with Crippen LogP contribution in [0.4, 0.5) is 18.9 Å². The third kappa shape index (κ3) is 5.05. The number of sulfonamides is 1. The molecule has 0 aliphatic heterocycles. The van der Waals surface area contributed by atoms with Gasteiger partial charge in [-0.25, -0.2) is 8.42 Å². The van der Waals surface area contributed by atoms with Crippen LogP contribution in [0.25, 0.3) is 0 Å². The normalized spacial score (nSPS) is 12.4. The molecule has 0 saturated heterocycles. The Morgan fingerprint density at radius 3 is 2.36 bits per heavy atom. The van der Waals surface area contributed by atoms with Crippen LogP contribution in [0.2, 0.25) is 5.02 Å². The second-order valence-electron chi connectivity index (χ2n) is 5.41. The highest BCUT2D eigenvalue weighted by Gasteiger charge is 2.34. The number of anilines is 1. The molecule has 0 aliphatic rings. The van der Waals surface area contributed by atoms with Crippen LogP contribution in [0.15, 0.2) is 52.3 Å². The maximum Gasteiger partial charge on any atom is 0.417 e.